The molecule has 1 amide bonds. The number of nitrogens with zero attached hydrogens (tertiary/aromatic N) is 3. The van der Waals surface area contributed by atoms with E-state index < -0.39 is 17.2 Å². The fourth-order valence-corrected chi connectivity index (χ4v) is 3.64. The van der Waals surface area contributed by atoms with Crippen molar-refractivity contribution in [2.75, 3.05) is 17.7 Å². The van der Waals surface area contributed by atoms with Gasteiger partial charge in [-0.2, -0.15) is 0 Å². The summed E-state index contributed by atoms with van der Waals surface area (Å²) in [6.45, 7) is 2.35. The van der Waals surface area contributed by atoms with Gasteiger partial charge in [-0.25, -0.2) is 9.78 Å². The van der Waals surface area contributed by atoms with E-state index in [1.54, 1.807) is 6.08 Å². The van der Waals surface area contributed by atoms with Gasteiger partial charge in [-0.3, -0.25) is 19.1 Å². The van der Waals surface area contributed by atoms with Crippen LogP contribution in [0.15, 0.2) is 39.9 Å². The summed E-state index contributed by atoms with van der Waals surface area (Å²) in [6, 6.07) is 7.68. The summed E-state index contributed by atoms with van der Waals surface area (Å²) in [5.41, 5.74) is 5.58. The minimum Gasteiger partial charge on any atom is -0.383 e. The summed E-state index contributed by atoms with van der Waals surface area (Å²) in [6.07, 6.45) is 4.52. The first-order valence-corrected chi connectivity index (χ1v) is 9.68. The topological polar surface area (TPSA) is 114 Å². The number of para-hydroxylation sites is 1. The van der Waals surface area contributed by atoms with Crippen molar-refractivity contribution in [3.63, 3.8) is 0 Å². The molecule has 8 nitrogen and oxygen atoms in total. The first kappa shape index (κ1) is 19.6. The van der Waals surface area contributed by atoms with Crippen LogP contribution < -0.4 is 21.9 Å². The number of benzene rings is 1. The molecule has 0 fully saturated rings. The van der Waals surface area contributed by atoms with Gasteiger partial charge in [0.25, 0.3) is 11.5 Å². The number of carbonyl (C=O) groups excluding carboxylic acids is 1. The number of rotatable bonds is 6. The molecule has 0 saturated carbocycles. The van der Waals surface area contributed by atoms with Gasteiger partial charge >= 0.3 is 5.69 Å². The van der Waals surface area contributed by atoms with Crippen LogP contribution >= 0.6 is 11.3 Å². The highest BCUT2D eigenvalue weighted by Gasteiger charge is 2.19. The Morgan fingerprint density at radius 3 is 2.82 bits per heavy atom. The van der Waals surface area contributed by atoms with E-state index >= 15 is 0 Å². The maximum Gasteiger partial charge on any atom is 0.330 e. The molecule has 9 heteroatoms. The number of carbonyl (C=O) groups is 1. The molecule has 3 rings (SSSR count). The first-order chi connectivity index (χ1) is 13.4. The number of likely N-dealkylation sites (N-methyl/N-ethyl adjacent to an activating group) is 1. The second-order valence-electron chi connectivity index (χ2n) is 6.25. The Kier molecular flexibility index (Phi) is 5.74. The monoisotopic (exact) mass is 399 g/mol. The molecule has 0 unspecified atom stereocenters. The van der Waals surface area contributed by atoms with E-state index in [-0.39, 0.29) is 11.5 Å². The number of fused-ring (bicyclic) bond motifs is 1. The quantitative estimate of drug-likeness (QED) is 0.617. The number of nitrogen functional groups attached to an aromatic ring is 1. The van der Waals surface area contributed by atoms with Crippen LogP contribution in [0.4, 0.5) is 11.5 Å². The van der Waals surface area contributed by atoms with Crippen molar-refractivity contribution in [3.05, 3.63) is 56.2 Å². The van der Waals surface area contributed by atoms with E-state index in [9.17, 15) is 14.4 Å². The number of unbranched alkanes of at least 4 members (excludes halogenated alkanes) is 1. The SMILES string of the molecule is CCCCn1c(N)c(N(C)C(=O)C=Cc2nc3ccccc3s2)c(=O)[nH]c1=O. The molecule has 3 aromatic rings. The van der Waals surface area contributed by atoms with E-state index in [0.717, 1.165) is 28.0 Å². The molecular weight excluding hydrogens is 378 g/mol. The van der Waals surface area contributed by atoms with Crippen LogP contribution in [0, 0.1) is 0 Å². The minimum absolute atomic E-state index is 0.0218. The Balaban J connectivity index is 1.88. The number of nitrogens with two attached hydrogens (primary N) is 1. The lowest BCUT2D eigenvalue weighted by Gasteiger charge is -2.19. The third-order valence-electron chi connectivity index (χ3n) is 4.29. The van der Waals surface area contributed by atoms with Gasteiger partial charge in [-0.1, -0.05) is 25.5 Å². The Morgan fingerprint density at radius 2 is 2.11 bits per heavy atom. The zero-order chi connectivity index (χ0) is 20.3. The normalized spacial score (nSPS) is 11.4. The maximum atomic E-state index is 12.6. The fraction of sp³-hybridized carbons (Fsp3) is 0.263. The summed E-state index contributed by atoms with van der Waals surface area (Å²) in [5.74, 6) is -0.469. The summed E-state index contributed by atoms with van der Waals surface area (Å²) in [4.78, 5) is 44.6. The summed E-state index contributed by atoms with van der Waals surface area (Å²) in [7, 11) is 1.45. The zero-order valence-electron chi connectivity index (χ0n) is 15.6. The van der Waals surface area contributed by atoms with Gasteiger partial charge in [0.1, 0.15) is 10.8 Å². The largest absolute Gasteiger partial charge is 0.383 e. The molecule has 1 aromatic carbocycles. The number of hydrogen-bond donors (Lipinski definition) is 2. The van der Waals surface area contributed by atoms with Gasteiger partial charge in [0, 0.05) is 19.7 Å². The lowest BCUT2D eigenvalue weighted by atomic mass is 10.3. The second kappa shape index (κ2) is 8.22. The molecule has 28 heavy (non-hydrogen) atoms. The van der Waals surface area contributed by atoms with Gasteiger partial charge in [-0.15, -0.1) is 11.3 Å². The van der Waals surface area contributed by atoms with Gasteiger partial charge < -0.3 is 10.6 Å². The molecule has 0 saturated heterocycles. The predicted octanol–water partition coefficient (Wildman–Crippen LogP) is 2.20. The van der Waals surface area contributed by atoms with Crippen molar-refractivity contribution in [2.45, 2.75) is 26.3 Å². The van der Waals surface area contributed by atoms with E-state index in [1.807, 2.05) is 31.2 Å². The van der Waals surface area contributed by atoms with Gasteiger partial charge in [-0.05, 0) is 24.6 Å². The highest BCUT2D eigenvalue weighted by atomic mass is 32.1. The van der Waals surface area contributed by atoms with Crippen LogP contribution in [0.1, 0.15) is 24.8 Å². The Morgan fingerprint density at radius 1 is 1.36 bits per heavy atom. The average molecular weight is 399 g/mol. The average Bonchev–Trinajstić information content (AvgIpc) is 3.08. The molecule has 0 aliphatic carbocycles. The third-order valence-corrected chi connectivity index (χ3v) is 5.30. The number of H-pyrrole nitrogens is 1. The maximum absolute atomic E-state index is 12.6. The minimum atomic E-state index is -0.695. The van der Waals surface area contributed by atoms with Crippen LogP contribution in [-0.4, -0.2) is 27.5 Å². The smallest absolute Gasteiger partial charge is 0.330 e. The van der Waals surface area contributed by atoms with Crippen molar-refractivity contribution >= 4 is 45.0 Å². The summed E-state index contributed by atoms with van der Waals surface area (Å²) < 4.78 is 2.30. The lowest BCUT2D eigenvalue weighted by Crippen LogP contribution is -2.38. The molecule has 0 aliphatic heterocycles. The number of anilines is 2. The van der Waals surface area contributed by atoms with Crippen LogP contribution in [0.2, 0.25) is 0 Å². The molecule has 0 atom stereocenters. The van der Waals surface area contributed by atoms with Gasteiger partial charge in [0.2, 0.25) is 0 Å². The predicted molar refractivity (Wildman–Crippen MR) is 113 cm³/mol. The number of nitrogens with one attached hydrogen (secondary N) is 1. The van der Waals surface area contributed by atoms with Crippen molar-refractivity contribution in [1.82, 2.24) is 14.5 Å². The van der Waals surface area contributed by atoms with E-state index in [1.165, 1.54) is 29.0 Å². The number of thiazole rings is 1. The van der Waals surface area contributed by atoms with E-state index in [2.05, 4.69) is 9.97 Å². The van der Waals surface area contributed by atoms with E-state index in [4.69, 9.17) is 5.73 Å². The van der Waals surface area contributed by atoms with Crippen LogP contribution in [0.5, 0.6) is 0 Å². The Hall–Kier alpha value is -3.20. The van der Waals surface area contributed by atoms with Crippen molar-refractivity contribution < 1.29 is 4.79 Å². The molecule has 0 radical (unpaired) electrons. The zero-order valence-corrected chi connectivity index (χ0v) is 16.5. The highest BCUT2D eigenvalue weighted by Crippen LogP contribution is 2.22. The third kappa shape index (κ3) is 3.89. The molecular formula is C19H21N5O3S. The van der Waals surface area contributed by atoms with Gasteiger partial charge in [0.15, 0.2) is 5.69 Å². The fourth-order valence-electron chi connectivity index (χ4n) is 2.77. The van der Waals surface area contributed by atoms with Gasteiger partial charge in [0.05, 0.1) is 10.2 Å². The molecule has 0 spiro atoms. The molecule has 3 N–H and O–H groups in total. The van der Waals surface area contributed by atoms with Crippen LogP contribution in [-0.2, 0) is 11.3 Å². The number of aromatic amines is 1. The number of amides is 1. The van der Waals surface area contributed by atoms with Crippen molar-refractivity contribution in [2.24, 2.45) is 0 Å². The Bertz CT molecular complexity index is 1130. The summed E-state index contributed by atoms with van der Waals surface area (Å²) in [5, 5.41) is 0.678. The number of hydrogen-bond acceptors (Lipinski definition) is 6. The van der Waals surface area contributed by atoms with Crippen LogP contribution in [0.25, 0.3) is 16.3 Å². The molecule has 0 bridgehead atoms. The Labute approximate surface area is 164 Å². The second-order valence-corrected chi connectivity index (χ2v) is 7.31. The first-order valence-electron chi connectivity index (χ1n) is 8.86. The standard InChI is InChI=1S/C19H21N5O3S/c1-3-4-11-24-17(20)16(18(26)22-19(24)27)23(2)15(25)10-9-14-21-12-7-5-6-8-13(12)28-14/h5-10H,3-4,11,20H2,1-2H3,(H,22,26,27). The number of aromatic nitrogens is 3. The highest BCUT2D eigenvalue weighted by molar-refractivity contribution is 7.19. The summed E-state index contributed by atoms with van der Waals surface area (Å²) >= 11 is 1.46. The van der Waals surface area contributed by atoms with Crippen molar-refractivity contribution in [3.8, 4) is 0 Å². The lowest BCUT2D eigenvalue weighted by molar-refractivity contribution is -0.113. The molecule has 0 aliphatic rings. The van der Waals surface area contributed by atoms with Crippen molar-refractivity contribution in [1.29, 1.82) is 0 Å². The molecule has 2 aromatic heterocycles. The van der Waals surface area contributed by atoms with E-state index in [0.29, 0.717) is 11.6 Å². The van der Waals surface area contributed by atoms with Crippen LogP contribution in [0.3, 0.4) is 0 Å². The molecule has 2 heterocycles. The molecule has 146 valence electrons.